The maximum Gasteiger partial charge on any atom is 0.335 e. The van der Waals surface area contributed by atoms with Gasteiger partial charge in [-0.2, -0.15) is 5.26 Å². The van der Waals surface area contributed by atoms with Crippen LogP contribution < -0.4 is 4.74 Å². The van der Waals surface area contributed by atoms with E-state index in [1.807, 2.05) is 6.07 Å². The Morgan fingerprint density at radius 2 is 2.00 bits per heavy atom. The second-order valence-electron chi connectivity index (χ2n) is 2.80. The van der Waals surface area contributed by atoms with Crippen LogP contribution in [0.4, 0.5) is 0 Å². The topological polar surface area (TPSA) is 50.1 Å². The molecular weight excluding hydrogens is 338 g/mol. The summed E-state index contributed by atoms with van der Waals surface area (Å²) in [5, 5.41) is 8.73. The smallest absolute Gasteiger partial charge is 0.335 e. The molecular formula is C11H7Br2NO2. The number of halogens is 2. The second-order valence-corrected chi connectivity index (χ2v) is 4.51. The number of nitrogens with zero attached hydrogens (tertiary/aromatic N) is 1. The molecule has 0 aliphatic rings. The minimum atomic E-state index is -0.464. The van der Waals surface area contributed by atoms with Crippen molar-refractivity contribution in [3.05, 3.63) is 38.8 Å². The molecule has 0 unspecified atom stereocenters. The van der Waals surface area contributed by atoms with E-state index in [0.717, 1.165) is 0 Å². The third-order valence-corrected chi connectivity index (χ3v) is 2.81. The van der Waals surface area contributed by atoms with Crippen molar-refractivity contribution < 1.29 is 9.53 Å². The molecule has 0 fully saturated rings. The number of ether oxygens (including phenoxy) is 1. The van der Waals surface area contributed by atoms with Crippen LogP contribution in [-0.2, 0) is 4.79 Å². The summed E-state index contributed by atoms with van der Waals surface area (Å²) in [6, 6.07) is 5.17. The van der Waals surface area contributed by atoms with E-state index < -0.39 is 5.97 Å². The van der Waals surface area contributed by atoms with E-state index >= 15 is 0 Å². The van der Waals surface area contributed by atoms with E-state index in [0.29, 0.717) is 20.3 Å². The van der Waals surface area contributed by atoms with Gasteiger partial charge in [-0.15, -0.1) is 0 Å². The molecule has 1 rings (SSSR count). The molecule has 0 saturated carbocycles. The molecule has 82 valence electrons. The van der Waals surface area contributed by atoms with Crippen LogP contribution >= 0.6 is 31.9 Å². The molecule has 1 aromatic rings. The summed E-state index contributed by atoms with van der Waals surface area (Å²) in [5.74, 6) is -0.101. The molecule has 16 heavy (non-hydrogen) atoms. The summed E-state index contributed by atoms with van der Waals surface area (Å²) >= 11 is 6.47. The van der Waals surface area contributed by atoms with Crippen molar-refractivity contribution in [2.24, 2.45) is 0 Å². The van der Waals surface area contributed by atoms with Crippen LogP contribution in [0.25, 0.3) is 0 Å². The molecule has 0 aliphatic heterocycles. The van der Waals surface area contributed by atoms with Gasteiger partial charge in [0.1, 0.15) is 0 Å². The lowest BCUT2D eigenvalue weighted by Gasteiger charge is -2.07. The molecule has 0 radical (unpaired) electrons. The normalized spacial score (nSPS) is 10.1. The average Bonchev–Trinajstić information content (AvgIpc) is 2.23. The van der Waals surface area contributed by atoms with Gasteiger partial charge in [-0.25, -0.2) is 4.79 Å². The lowest BCUT2D eigenvalue weighted by atomic mass is 10.2. The Morgan fingerprint density at radius 3 is 2.44 bits per heavy atom. The quantitative estimate of drug-likeness (QED) is 0.468. The van der Waals surface area contributed by atoms with Gasteiger partial charge in [0.2, 0.25) is 0 Å². The van der Waals surface area contributed by atoms with E-state index in [-0.39, 0.29) is 0 Å². The third kappa shape index (κ3) is 3.19. The predicted molar refractivity (Wildman–Crippen MR) is 67.0 cm³/mol. The number of hydrogen-bond donors (Lipinski definition) is 0. The molecule has 0 saturated heterocycles. The molecule has 0 amide bonds. The SMILES string of the molecule is C/C=C/C(=O)Oc1c(Br)cc(C#N)cc1Br. The van der Waals surface area contributed by atoms with Crippen molar-refractivity contribution >= 4 is 37.8 Å². The molecule has 0 heterocycles. The lowest BCUT2D eigenvalue weighted by molar-refractivity contribution is -0.129. The number of benzene rings is 1. The van der Waals surface area contributed by atoms with E-state index in [1.165, 1.54) is 6.08 Å². The molecule has 0 atom stereocenters. The Bertz CT molecular complexity index is 466. The molecule has 0 aromatic heterocycles. The Hall–Kier alpha value is -1.12. The highest BCUT2D eigenvalue weighted by Crippen LogP contribution is 2.34. The van der Waals surface area contributed by atoms with Gasteiger partial charge in [0.05, 0.1) is 20.6 Å². The Balaban J connectivity index is 3.07. The summed E-state index contributed by atoms with van der Waals surface area (Å²) in [7, 11) is 0. The summed E-state index contributed by atoms with van der Waals surface area (Å²) in [4.78, 5) is 11.3. The van der Waals surface area contributed by atoms with Gasteiger partial charge in [-0.3, -0.25) is 0 Å². The number of carbonyl (C=O) groups is 1. The number of nitriles is 1. The molecule has 0 spiro atoms. The van der Waals surface area contributed by atoms with Crippen molar-refractivity contribution in [2.75, 3.05) is 0 Å². The lowest BCUT2D eigenvalue weighted by Crippen LogP contribution is -2.04. The molecule has 1 aromatic carbocycles. The molecule has 3 nitrogen and oxygen atoms in total. The van der Waals surface area contributed by atoms with Gasteiger partial charge in [-0.1, -0.05) is 6.08 Å². The fourth-order valence-corrected chi connectivity index (χ4v) is 2.34. The van der Waals surface area contributed by atoms with Crippen LogP contribution in [0.2, 0.25) is 0 Å². The fraction of sp³-hybridized carbons (Fsp3) is 0.0909. The van der Waals surface area contributed by atoms with Gasteiger partial charge in [0.15, 0.2) is 5.75 Å². The Labute approximate surface area is 110 Å². The number of carbonyl (C=O) groups excluding carboxylic acids is 1. The number of allylic oxidation sites excluding steroid dienone is 1. The van der Waals surface area contributed by atoms with Crippen molar-refractivity contribution in [3.8, 4) is 11.8 Å². The minimum Gasteiger partial charge on any atom is -0.421 e. The Kier molecular flexibility index (Phi) is 4.71. The van der Waals surface area contributed by atoms with Crippen molar-refractivity contribution in [2.45, 2.75) is 6.92 Å². The number of rotatable bonds is 2. The van der Waals surface area contributed by atoms with Crippen molar-refractivity contribution in [1.29, 1.82) is 5.26 Å². The van der Waals surface area contributed by atoms with Gasteiger partial charge in [-0.05, 0) is 50.9 Å². The first-order valence-electron chi connectivity index (χ1n) is 4.32. The van der Waals surface area contributed by atoms with Gasteiger partial charge in [0, 0.05) is 6.08 Å². The summed E-state index contributed by atoms with van der Waals surface area (Å²) in [6.45, 7) is 1.73. The largest absolute Gasteiger partial charge is 0.421 e. The zero-order chi connectivity index (χ0) is 12.1. The number of hydrogen-bond acceptors (Lipinski definition) is 3. The average molecular weight is 345 g/mol. The third-order valence-electron chi connectivity index (χ3n) is 1.63. The number of esters is 1. The van der Waals surface area contributed by atoms with Crippen LogP contribution in [0, 0.1) is 11.3 Å². The predicted octanol–water partition coefficient (Wildman–Crippen LogP) is 3.56. The van der Waals surface area contributed by atoms with Crippen LogP contribution in [0.3, 0.4) is 0 Å². The summed E-state index contributed by atoms with van der Waals surface area (Å²) in [6.07, 6.45) is 2.91. The van der Waals surface area contributed by atoms with Crippen molar-refractivity contribution in [1.82, 2.24) is 0 Å². The maximum absolute atomic E-state index is 11.3. The molecule has 0 N–H and O–H groups in total. The van der Waals surface area contributed by atoms with Gasteiger partial charge < -0.3 is 4.74 Å². The molecule has 0 aliphatic carbocycles. The fourth-order valence-electron chi connectivity index (χ4n) is 0.993. The monoisotopic (exact) mass is 343 g/mol. The zero-order valence-electron chi connectivity index (χ0n) is 8.33. The molecule has 5 heteroatoms. The highest BCUT2D eigenvalue weighted by Gasteiger charge is 2.11. The summed E-state index contributed by atoms with van der Waals surface area (Å²) in [5.41, 5.74) is 0.476. The zero-order valence-corrected chi connectivity index (χ0v) is 11.5. The highest BCUT2D eigenvalue weighted by molar-refractivity contribution is 9.11. The van der Waals surface area contributed by atoms with Gasteiger partial charge in [0.25, 0.3) is 0 Å². The highest BCUT2D eigenvalue weighted by atomic mass is 79.9. The first kappa shape index (κ1) is 12.9. The minimum absolute atomic E-state index is 0.363. The maximum atomic E-state index is 11.3. The first-order chi connectivity index (χ1) is 7.58. The first-order valence-corrected chi connectivity index (χ1v) is 5.90. The summed E-state index contributed by atoms with van der Waals surface area (Å²) < 4.78 is 6.19. The van der Waals surface area contributed by atoms with Gasteiger partial charge >= 0.3 is 5.97 Å². The van der Waals surface area contributed by atoms with E-state index in [1.54, 1.807) is 25.1 Å². The standard InChI is InChI=1S/C11H7Br2NO2/c1-2-3-10(15)16-11-8(12)4-7(6-14)5-9(11)13/h2-5H,1H3/b3-2+. The van der Waals surface area contributed by atoms with E-state index in [9.17, 15) is 4.79 Å². The van der Waals surface area contributed by atoms with Crippen molar-refractivity contribution in [3.63, 3.8) is 0 Å². The van der Waals surface area contributed by atoms with E-state index in [4.69, 9.17) is 10.00 Å². The van der Waals surface area contributed by atoms with E-state index in [2.05, 4.69) is 31.9 Å². The Morgan fingerprint density at radius 1 is 1.44 bits per heavy atom. The van der Waals surface area contributed by atoms with Crippen LogP contribution in [0.15, 0.2) is 33.2 Å². The second kappa shape index (κ2) is 5.83. The van der Waals surface area contributed by atoms with Crippen LogP contribution in [0.5, 0.6) is 5.75 Å². The van der Waals surface area contributed by atoms with Crippen LogP contribution in [0.1, 0.15) is 12.5 Å². The van der Waals surface area contributed by atoms with Crippen LogP contribution in [-0.4, -0.2) is 5.97 Å². The molecule has 0 bridgehead atoms.